The molecule has 4 rings (SSSR count). The van der Waals surface area contributed by atoms with Gasteiger partial charge >= 0.3 is 5.69 Å². The van der Waals surface area contributed by atoms with E-state index in [1.54, 1.807) is 0 Å². The number of aromatic nitrogens is 6. The number of nitrogen functional groups attached to an aromatic ring is 2. The Hall–Kier alpha value is -3.33. The third-order valence-electron chi connectivity index (χ3n) is 4.26. The summed E-state index contributed by atoms with van der Waals surface area (Å²) in [6, 6.07) is 0. The van der Waals surface area contributed by atoms with Crippen LogP contribution >= 0.6 is 0 Å². The first-order valence-electron chi connectivity index (χ1n) is 8.39. The molecule has 0 radical (unpaired) electrons. The number of nitrogens with two attached hydrogens (primary N) is 2. The maximum Gasteiger partial charge on any atom is 0.330 e. The number of hydrogen-bond donors (Lipinski definition) is 7. The number of aryl methyl sites for hydroxylation is 1. The van der Waals surface area contributed by atoms with Crippen LogP contribution in [0.25, 0.3) is 11.2 Å². The Labute approximate surface area is 161 Å². The van der Waals surface area contributed by atoms with E-state index in [4.69, 9.17) is 21.3 Å². The summed E-state index contributed by atoms with van der Waals surface area (Å²) in [5.41, 5.74) is 10.9. The quantitative estimate of drug-likeness (QED) is 0.225. The van der Waals surface area contributed by atoms with Crippen molar-refractivity contribution in [2.45, 2.75) is 31.5 Å². The zero-order chi connectivity index (χ0) is 21.3. The molecule has 0 aliphatic carbocycles. The van der Waals surface area contributed by atoms with E-state index in [0.717, 1.165) is 4.57 Å². The summed E-state index contributed by atoms with van der Waals surface area (Å²) < 4.78 is 6.17. The highest BCUT2D eigenvalue weighted by Crippen LogP contribution is 2.27. The number of hydrogen-bond acceptors (Lipinski definition) is 11. The molecule has 0 saturated carbocycles. The van der Waals surface area contributed by atoms with E-state index in [-0.39, 0.29) is 11.5 Å². The molecule has 14 heteroatoms. The summed E-state index contributed by atoms with van der Waals surface area (Å²) in [5, 5.41) is 28.3. The van der Waals surface area contributed by atoms with Gasteiger partial charge in [-0.3, -0.25) is 14.3 Å². The van der Waals surface area contributed by atoms with Gasteiger partial charge in [-0.15, -0.1) is 0 Å². The van der Waals surface area contributed by atoms with Crippen LogP contribution in [-0.4, -0.2) is 69.7 Å². The zero-order valence-corrected chi connectivity index (χ0v) is 15.2. The Morgan fingerprint density at radius 3 is 2.62 bits per heavy atom. The number of imidazole rings is 1. The topological polar surface area (TPSA) is 231 Å². The van der Waals surface area contributed by atoms with E-state index in [0.29, 0.717) is 17.0 Å². The maximum atomic E-state index is 11.6. The Morgan fingerprint density at radius 2 is 1.97 bits per heavy atom. The minimum Gasteiger partial charge on any atom is -0.394 e. The lowest BCUT2D eigenvalue weighted by atomic mass is 10.1. The molecule has 0 unspecified atom stereocenters. The highest BCUT2D eigenvalue weighted by Gasteiger charge is 2.43. The number of rotatable bonds is 2. The Kier molecular flexibility index (Phi) is 5.60. The van der Waals surface area contributed by atoms with Crippen LogP contribution in [0.3, 0.4) is 0 Å². The minimum absolute atomic E-state index is 0.152. The van der Waals surface area contributed by atoms with Crippen molar-refractivity contribution in [1.29, 1.82) is 0 Å². The van der Waals surface area contributed by atoms with E-state index >= 15 is 0 Å². The molecule has 3 aromatic heterocycles. The minimum atomic E-state index is -1.36. The highest BCUT2D eigenvalue weighted by molar-refractivity contribution is 5.81. The summed E-state index contributed by atoms with van der Waals surface area (Å²) in [4.78, 5) is 39.2. The summed E-state index contributed by atoms with van der Waals surface area (Å²) in [6.07, 6.45) is -2.02. The number of anilines is 2. The normalized spacial score (nSPS) is 23.7. The molecule has 1 fully saturated rings. The predicted octanol–water partition coefficient (Wildman–Crippen LogP) is -3.03. The van der Waals surface area contributed by atoms with Crippen molar-refractivity contribution in [2.24, 2.45) is 0 Å². The van der Waals surface area contributed by atoms with Crippen LogP contribution in [0.1, 0.15) is 11.8 Å². The van der Waals surface area contributed by atoms with Crippen LogP contribution in [0.5, 0.6) is 0 Å². The van der Waals surface area contributed by atoms with Crippen molar-refractivity contribution >= 4 is 22.9 Å². The van der Waals surface area contributed by atoms with Crippen LogP contribution in [0, 0.1) is 6.92 Å². The Balaban J connectivity index is 0.000000186. The van der Waals surface area contributed by atoms with Gasteiger partial charge in [-0.1, -0.05) is 0 Å². The molecular weight excluding hydrogens is 388 g/mol. The molecule has 156 valence electrons. The fourth-order valence-electron chi connectivity index (χ4n) is 2.76. The van der Waals surface area contributed by atoms with Gasteiger partial charge in [-0.25, -0.2) is 9.78 Å². The molecule has 4 atom stereocenters. The summed E-state index contributed by atoms with van der Waals surface area (Å²) >= 11 is 0. The van der Waals surface area contributed by atoms with Gasteiger partial charge in [-0.2, -0.15) is 9.97 Å². The Bertz CT molecular complexity index is 1120. The first-order chi connectivity index (χ1) is 13.7. The first kappa shape index (κ1) is 20.4. The predicted molar refractivity (Wildman–Crippen MR) is 99.6 cm³/mol. The largest absolute Gasteiger partial charge is 0.394 e. The number of H-pyrrole nitrogens is 2. The maximum absolute atomic E-state index is 11.6. The lowest BCUT2D eigenvalue weighted by Gasteiger charge is -2.17. The van der Waals surface area contributed by atoms with Crippen LogP contribution in [-0.2, 0) is 4.74 Å². The first-order valence-corrected chi connectivity index (χ1v) is 8.39. The molecule has 0 aromatic carbocycles. The SMILES string of the molecule is Cc1cn([C@@H]2O[C@H](CO)[C@@H](O)[C@H]2O)c(=O)[nH]c1=O.Nc1nc(N)c2nc[nH]c2n1. The third-order valence-corrected chi connectivity index (χ3v) is 4.26. The van der Waals surface area contributed by atoms with Crippen molar-refractivity contribution in [3.05, 3.63) is 38.9 Å². The lowest BCUT2D eigenvalue weighted by Crippen LogP contribution is -2.38. The second-order valence-electron chi connectivity index (χ2n) is 6.27. The number of fused-ring (bicyclic) bond motifs is 1. The third kappa shape index (κ3) is 3.95. The van der Waals surface area contributed by atoms with Crippen molar-refractivity contribution in [3.63, 3.8) is 0 Å². The van der Waals surface area contributed by atoms with Gasteiger partial charge in [-0.05, 0) is 6.92 Å². The molecule has 0 amide bonds. The molecular formula is C15H20N8O6. The number of ether oxygens (including phenoxy) is 1. The number of aliphatic hydroxyl groups excluding tert-OH is 3. The molecule has 1 aliphatic rings. The summed E-state index contributed by atoms with van der Waals surface area (Å²) in [6.45, 7) is 1.02. The molecule has 29 heavy (non-hydrogen) atoms. The Morgan fingerprint density at radius 1 is 1.24 bits per heavy atom. The molecule has 1 saturated heterocycles. The zero-order valence-electron chi connectivity index (χ0n) is 15.2. The van der Waals surface area contributed by atoms with Gasteiger partial charge in [0.1, 0.15) is 23.8 Å². The van der Waals surface area contributed by atoms with Gasteiger partial charge < -0.3 is 36.5 Å². The van der Waals surface area contributed by atoms with Crippen molar-refractivity contribution in [1.82, 2.24) is 29.5 Å². The highest BCUT2D eigenvalue weighted by atomic mass is 16.6. The van der Waals surface area contributed by atoms with Crippen LogP contribution < -0.4 is 22.7 Å². The van der Waals surface area contributed by atoms with Crippen LogP contribution in [0.4, 0.5) is 11.8 Å². The summed E-state index contributed by atoms with van der Waals surface area (Å²) in [5.74, 6) is 0.452. The summed E-state index contributed by atoms with van der Waals surface area (Å²) in [7, 11) is 0. The molecule has 0 spiro atoms. The van der Waals surface area contributed by atoms with Crippen molar-refractivity contribution in [2.75, 3.05) is 18.1 Å². The molecule has 4 heterocycles. The van der Waals surface area contributed by atoms with E-state index in [1.807, 2.05) is 0 Å². The van der Waals surface area contributed by atoms with Gasteiger partial charge in [0.2, 0.25) is 5.95 Å². The van der Waals surface area contributed by atoms with Crippen molar-refractivity contribution < 1.29 is 20.1 Å². The van der Waals surface area contributed by atoms with E-state index in [9.17, 15) is 19.8 Å². The van der Waals surface area contributed by atoms with E-state index < -0.39 is 42.4 Å². The van der Waals surface area contributed by atoms with E-state index in [2.05, 4.69) is 24.9 Å². The van der Waals surface area contributed by atoms with E-state index in [1.165, 1.54) is 19.4 Å². The smallest absolute Gasteiger partial charge is 0.330 e. The molecule has 3 aromatic rings. The number of nitrogens with zero attached hydrogens (tertiary/aromatic N) is 4. The van der Waals surface area contributed by atoms with Gasteiger partial charge in [0, 0.05) is 11.8 Å². The monoisotopic (exact) mass is 408 g/mol. The second-order valence-corrected chi connectivity index (χ2v) is 6.27. The fourth-order valence-corrected chi connectivity index (χ4v) is 2.76. The number of nitrogens with one attached hydrogen (secondary N) is 2. The average molecular weight is 408 g/mol. The molecule has 9 N–H and O–H groups in total. The molecule has 14 nitrogen and oxygen atoms in total. The molecule has 0 bridgehead atoms. The van der Waals surface area contributed by atoms with Gasteiger partial charge in [0.15, 0.2) is 17.7 Å². The van der Waals surface area contributed by atoms with Crippen LogP contribution in [0.15, 0.2) is 22.1 Å². The van der Waals surface area contributed by atoms with Gasteiger partial charge in [0.25, 0.3) is 5.56 Å². The van der Waals surface area contributed by atoms with Gasteiger partial charge in [0.05, 0.1) is 12.9 Å². The van der Waals surface area contributed by atoms with Crippen molar-refractivity contribution in [3.8, 4) is 0 Å². The lowest BCUT2D eigenvalue weighted by molar-refractivity contribution is -0.0551. The number of aromatic amines is 2. The fraction of sp³-hybridized carbons (Fsp3) is 0.400. The average Bonchev–Trinajstić information content (AvgIpc) is 3.24. The second kappa shape index (κ2) is 7.96. The number of aliphatic hydroxyl groups is 3. The van der Waals surface area contributed by atoms with Crippen LogP contribution in [0.2, 0.25) is 0 Å². The molecule has 1 aliphatic heterocycles. The standard InChI is InChI=1S/C10H14N2O6.C5H6N6/c1-4-2-12(10(17)11-8(4)16)9-7(15)6(14)5(3-13)18-9;6-3-2-4(9-1-8-2)11-5(7)10-3/h2,5-7,9,13-15H,3H2,1H3,(H,11,16,17);1H,(H5,6,7,8,9,10,11)/t5-,6-,7-,9-;/m1./s1.